The lowest BCUT2D eigenvalue weighted by Gasteiger charge is -2.44. The zero-order chi connectivity index (χ0) is 28.2. The lowest BCUT2D eigenvalue weighted by molar-refractivity contribution is -0.137. The van der Waals surface area contributed by atoms with E-state index in [4.69, 9.17) is 11.6 Å². The number of carbonyl (C=O) groups is 1. The van der Waals surface area contributed by atoms with Crippen LogP contribution < -0.4 is 10.6 Å². The van der Waals surface area contributed by atoms with E-state index >= 15 is 0 Å². The van der Waals surface area contributed by atoms with Crippen LogP contribution in [0, 0.1) is 5.82 Å². The van der Waals surface area contributed by atoms with E-state index in [1.807, 2.05) is 13.8 Å². The molecule has 0 radical (unpaired) electrons. The number of nitrogens with zero attached hydrogens (tertiary/aromatic N) is 5. The summed E-state index contributed by atoms with van der Waals surface area (Å²) in [7, 11) is 0. The van der Waals surface area contributed by atoms with Crippen LogP contribution in [0.3, 0.4) is 0 Å². The Morgan fingerprint density at radius 2 is 1.92 bits per heavy atom. The van der Waals surface area contributed by atoms with Gasteiger partial charge in [-0.15, -0.1) is 11.8 Å². The van der Waals surface area contributed by atoms with E-state index in [1.54, 1.807) is 9.80 Å². The fourth-order valence-corrected chi connectivity index (χ4v) is 7.15. The molecule has 0 bridgehead atoms. The van der Waals surface area contributed by atoms with Gasteiger partial charge in [-0.25, -0.2) is 9.18 Å². The Morgan fingerprint density at radius 3 is 2.54 bits per heavy atom. The molecule has 7 nitrogen and oxygen atoms in total. The number of pyridine rings is 1. The van der Waals surface area contributed by atoms with Gasteiger partial charge in [0.05, 0.1) is 21.0 Å². The number of halogens is 5. The summed E-state index contributed by atoms with van der Waals surface area (Å²) in [6, 6.07) is 1.48. The third-order valence-corrected chi connectivity index (χ3v) is 8.92. The van der Waals surface area contributed by atoms with E-state index in [0.717, 1.165) is 17.8 Å². The second-order valence-electron chi connectivity index (χ2n) is 9.75. The molecule has 0 unspecified atom stereocenters. The first-order valence-electron chi connectivity index (χ1n) is 12.2. The summed E-state index contributed by atoms with van der Waals surface area (Å²) in [5.41, 5.74) is -1.25. The number of aromatic nitrogens is 3. The molecule has 1 saturated heterocycles. The van der Waals surface area contributed by atoms with Crippen LogP contribution in [0.15, 0.2) is 46.9 Å². The van der Waals surface area contributed by atoms with Crippen molar-refractivity contribution < 1.29 is 22.4 Å². The van der Waals surface area contributed by atoms with Crippen LogP contribution in [0.5, 0.6) is 0 Å². The van der Waals surface area contributed by atoms with Crippen molar-refractivity contribution in [2.75, 3.05) is 23.7 Å². The smallest absolute Gasteiger partial charge is 0.352 e. The van der Waals surface area contributed by atoms with E-state index in [0.29, 0.717) is 0 Å². The summed E-state index contributed by atoms with van der Waals surface area (Å²) in [6.45, 7) is 7.64. The molecule has 13 heteroatoms. The summed E-state index contributed by atoms with van der Waals surface area (Å²) in [6.07, 6.45) is -0.891. The second-order valence-corrected chi connectivity index (χ2v) is 11.2. The second kappa shape index (κ2) is 10.1. The maximum absolute atomic E-state index is 14.7. The maximum atomic E-state index is 14.7. The lowest BCUT2D eigenvalue weighted by Crippen LogP contribution is -2.58. The van der Waals surface area contributed by atoms with Crippen LogP contribution >= 0.6 is 23.4 Å². The standard InChI is InChI=1S/C26H24ClF4N5O2S/c1-4-20(37)36-13(2)9-34(10-14(36)3)24-16-7-18(26(29,30)31)21(27)23-22(16)35(25(38)33-24)11-15(12-39-23)17-8-32-6-5-19(17)28/h4-8,13-15H,1,9-12H2,2-3H3/t13-,14+,15-/m1/s1. The highest BCUT2D eigenvalue weighted by Gasteiger charge is 2.39. The van der Waals surface area contributed by atoms with Gasteiger partial charge in [-0.2, -0.15) is 18.2 Å². The van der Waals surface area contributed by atoms with Gasteiger partial charge in [0.1, 0.15) is 11.6 Å². The average molecular weight is 582 g/mol. The Bertz CT molecular complexity index is 1530. The van der Waals surface area contributed by atoms with Gasteiger partial charge in [0.2, 0.25) is 5.91 Å². The van der Waals surface area contributed by atoms with Crippen LogP contribution in [-0.2, 0) is 17.5 Å². The zero-order valence-electron chi connectivity index (χ0n) is 21.0. The average Bonchev–Trinajstić information content (AvgIpc) is 3.08. The number of anilines is 1. The van der Waals surface area contributed by atoms with E-state index in [2.05, 4.69) is 16.5 Å². The fourth-order valence-electron chi connectivity index (χ4n) is 5.49. The van der Waals surface area contributed by atoms with Crippen molar-refractivity contribution >= 4 is 46.0 Å². The number of benzene rings is 1. The van der Waals surface area contributed by atoms with Crippen LogP contribution in [0.2, 0.25) is 5.02 Å². The van der Waals surface area contributed by atoms with Gasteiger partial charge in [-0.1, -0.05) is 18.2 Å². The minimum Gasteiger partial charge on any atom is -0.352 e. The number of alkyl halides is 3. The molecular formula is C26H24ClF4N5O2S. The van der Waals surface area contributed by atoms with Crippen molar-refractivity contribution in [2.45, 2.75) is 49.5 Å². The highest BCUT2D eigenvalue weighted by Crippen LogP contribution is 2.47. The molecule has 206 valence electrons. The Labute approximate surface area is 230 Å². The molecule has 2 aromatic heterocycles. The molecule has 0 N–H and O–H groups in total. The van der Waals surface area contributed by atoms with E-state index in [-0.39, 0.29) is 70.6 Å². The Kier molecular flexibility index (Phi) is 7.13. The molecule has 5 rings (SSSR count). The molecule has 3 aromatic rings. The van der Waals surface area contributed by atoms with Gasteiger partial charge in [-0.05, 0) is 32.1 Å². The van der Waals surface area contributed by atoms with Crippen LogP contribution in [-0.4, -0.2) is 56.3 Å². The molecule has 1 aromatic carbocycles. The third kappa shape index (κ3) is 4.77. The van der Waals surface area contributed by atoms with E-state index < -0.39 is 34.2 Å². The summed E-state index contributed by atoms with van der Waals surface area (Å²) in [5.74, 6) is -1.08. The van der Waals surface area contributed by atoms with Gasteiger partial charge < -0.3 is 9.80 Å². The number of hydrogen-bond acceptors (Lipinski definition) is 6. The highest BCUT2D eigenvalue weighted by molar-refractivity contribution is 7.99. The fraction of sp³-hybridized carbons (Fsp3) is 0.385. The molecule has 3 atom stereocenters. The summed E-state index contributed by atoms with van der Waals surface area (Å²) >= 11 is 7.40. The molecule has 1 fully saturated rings. The molecule has 1 amide bonds. The topological polar surface area (TPSA) is 71.3 Å². The van der Waals surface area contributed by atoms with Crippen LogP contribution in [0.1, 0.15) is 30.9 Å². The van der Waals surface area contributed by atoms with Gasteiger partial charge in [0.15, 0.2) is 0 Å². The van der Waals surface area contributed by atoms with Crippen molar-refractivity contribution in [2.24, 2.45) is 0 Å². The number of amides is 1. The van der Waals surface area contributed by atoms with Crippen molar-refractivity contribution in [3.8, 4) is 0 Å². The number of piperazine rings is 1. The predicted octanol–water partition coefficient (Wildman–Crippen LogP) is 5.10. The number of thioether (sulfide) groups is 1. The maximum Gasteiger partial charge on any atom is 0.417 e. The number of carbonyl (C=O) groups excluding carboxylic acids is 1. The largest absolute Gasteiger partial charge is 0.417 e. The van der Waals surface area contributed by atoms with Crippen molar-refractivity contribution in [3.63, 3.8) is 0 Å². The lowest BCUT2D eigenvalue weighted by atomic mass is 10.0. The Morgan fingerprint density at radius 1 is 1.23 bits per heavy atom. The molecule has 0 saturated carbocycles. The normalized spacial score (nSPS) is 21.7. The predicted molar refractivity (Wildman–Crippen MR) is 142 cm³/mol. The quantitative estimate of drug-likeness (QED) is 0.316. The number of hydrogen-bond donors (Lipinski definition) is 0. The highest BCUT2D eigenvalue weighted by atomic mass is 35.5. The van der Waals surface area contributed by atoms with Crippen LogP contribution in [0.4, 0.5) is 23.4 Å². The van der Waals surface area contributed by atoms with Crippen molar-refractivity contribution in [1.82, 2.24) is 19.4 Å². The summed E-state index contributed by atoms with van der Waals surface area (Å²) in [5, 5.41) is -0.398. The first-order chi connectivity index (χ1) is 18.4. The molecular weight excluding hydrogens is 558 g/mol. The van der Waals surface area contributed by atoms with Gasteiger partial charge in [0.25, 0.3) is 0 Å². The summed E-state index contributed by atoms with van der Waals surface area (Å²) < 4.78 is 58.4. The Hall–Kier alpha value is -3.12. The molecule has 0 aliphatic carbocycles. The van der Waals surface area contributed by atoms with Crippen molar-refractivity contribution in [1.29, 1.82) is 0 Å². The van der Waals surface area contributed by atoms with Gasteiger partial charge >= 0.3 is 11.9 Å². The van der Waals surface area contributed by atoms with Gasteiger partial charge in [0, 0.05) is 66.7 Å². The molecule has 4 heterocycles. The summed E-state index contributed by atoms with van der Waals surface area (Å²) in [4.78, 5) is 37.6. The van der Waals surface area contributed by atoms with Crippen LogP contribution in [0.25, 0.3) is 10.9 Å². The Balaban J connectivity index is 1.71. The van der Waals surface area contributed by atoms with E-state index in [1.165, 1.54) is 29.1 Å². The molecule has 0 spiro atoms. The first-order valence-corrected chi connectivity index (χ1v) is 13.5. The monoisotopic (exact) mass is 581 g/mol. The van der Waals surface area contributed by atoms with Gasteiger partial charge in [-0.3, -0.25) is 14.3 Å². The minimum absolute atomic E-state index is 0.0126. The number of rotatable bonds is 3. The zero-order valence-corrected chi connectivity index (χ0v) is 22.6. The minimum atomic E-state index is -4.77. The van der Waals surface area contributed by atoms with Crippen molar-refractivity contribution in [3.05, 3.63) is 69.6 Å². The molecule has 39 heavy (non-hydrogen) atoms. The molecule has 2 aliphatic rings. The SMILES string of the molecule is C=CC(=O)N1[C@H](C)CN(c2nc(=O)n3c4c(c(Cl)c(C(F)(F)F)cc24)SC[C@H](c2cnccc2F)C3)C[C@@H]1C. The van der Waals surface area contributed by atoms with E-state index in [9.17, 15) is 27.2 Å². The third-order valence-electron chi connectivity index (χ3n) is 7.16. The molecule has 2 aliphatic heterocycles. The first kappa shape index (κ1) is 27.4.